The third kappa shape index (κ3) is 2.69. The first-order valence-electron chi connectivity index (χ1n) is 6.47. The lowest BCUT2D eigenvalue weighted by Crippen LogP contribution is -2.13. The molecule has 3 rings (SSSR count). The third-order valence-electron chi connectivity index (χ3n) is 3.12. The number of benzene rings is 1. The first kappa shape index (κ1) is 14.9. The van der Waals surface area contributed by atoms with Gasteiger partial charge in [0, 0.05) is 6.20 Å². The zero-order chi connectivity index (χ0) is 15.7. The molecule has 0 aliphatic carbocycles. The molecule has 0 bridgehead atoms. The minimum Gasteiger partial charge on any atom is -0.255 e. The van der Waals surface area contributed by atoms with E-state index < -0.39 is 10.0 Å². The molecule has 0 fully saturated rings. The van der Waals surface area contributed by atoms with Gasteiger partial charge in [-0.15, -0.1) is 0 Å². The second-order valence-electron chi connectivity index (χ2n) is 4.73. The van der Waals surface area contributed by atoms with Crippen molar-refractivity contribution in [2.75, 3.05) is 0 Å². The van der Waals surface area contributed by atoms with E-state index in [4.69, 9.17) is 0 Å². The molecule has 2 aromatic heterocycles. The van der Waals surface area contributed by atoms with E-state index in [2.05, 4.69) is 26.0 Å². The van der Waals surface area contributed by atoms with E-state index in [9.17, 15) is 8.42 Å². The average molecular weight is 378 g/mol. The molecule has 0 spiro atoms. The highest BCUT2D eigenvalue weighted by Gasteiger charge is 2.21. The molecule has 0 aliphatic rings. The molecule has 2 heterocycles. The number of aryl methyl sites for hydroxylation is 1. The van der Waals surface area contributed by atoms with Gasteiger partial charge in [0.15, 0.2) is 0 Å². The Balaban J connectivity index is 2.08. The van der Waals surface area contributed by atoms with E-state index in [0.717, 1.165) is 9.65 Å². The Kier molecular flexibility index (Phi) is 3.84. The highest BCUT2D eigenvalue weighted by atomic mass is 79.9. The van der Waals surface area contributed by atoms with Crippen molar-refractivity contribution in [1.29, 1.82) is 0 Å². The van der Waals surface area contributed by atoms with Gasteiger partial charge in [0.05, 0.1) is 21.3 Å². The Bertz CT molecular complexity index is 904. The van der Waals surface area contributed by atoms with Crippen LogP contribution in [0.5, 0.6) is 0 Å². The summed E-state index contributed by atoms with van der Waals surface area (Å²) in [5.41, 5.74) is 2.08. The molecule has 0 atom stereocenters. The van der Waals surface area contributed by atoms with E-state index in [-0.39, 0.29) is 4.90 Å². The Morgan fingerprint density at radius 1 is 1.09 bits per heavy atom. The first-order valence-corrected chi connectivity index (χ1v) is 8.70. The number of rotatable bonds is 3. The summed E-state index contributed by atoms with van der Waals surface area (Å²) in [5.74, 6) is 0. The van der Waals surface area contributed by atoms with Crippen LogP contribution in [0.15, 0.2) is 64.2 Å². The maximum atomic E-state index is 12.6. The maximum Gasteiger partial charge on any atom is 0.282 e. The van der Waals surface area contributed by atoms with Crippen LogP contribution in [0, 0.1) is 6.92 Å². The van der Waals surface area contributed by atoms with Gasteiger partial charge in [-0.1, -0.05) is 23.8 Å². The Morgan fingerprint density at radius 2 is 1.82 bits per heavy atom. The molecular weight excluding hydrogens is 366 g/mol. The van der Waals surface area contributed by atoms with Crippen LogP contribution in [0.1, 0.15) is 5.56 Å². The largest absolute Gasteiger partial charge is 0.282 e. The molecule has 0 aliphatic heterocycles. The molecule has 5 nitrogen and oxygen atoms in total. The van der Waals surface area contributed by atoms with Gasteiger partial charge in [-0.25, -0.2) is 0 Å². The first-order chi connectivity index (χ1) is 10.5. The molecule has 0 radical (unpaired) electrons. The van der Waals surface area contributed by atoms with Crippen LogP contribution in [0.25, 0.3) is 11.4 Å². The molecular formula is C15H12BrN3O2S. The van der Waals surface area contributed by atoms with Crippen molar-refractivity contribution < 1.29 is 8.42 Å². The summed E-state index contributed by atoms with van der Waals surface area (Å²) < 4.78 is 26.7. The molecule has 3 aromatic rings. The molecule has 0 amide bonds. The molecule has 0 saturated heterocycles. The van der Waals surface area contributed by atoms with Crippen LogP contribution in [0.2, 0.25) is 0 Å². The number of halogens is 1. The number of nitrogens with zero attached hydrogens (tertiary/aromatic N) is 3. The smallest absolute Gasteiger partial charge is 0.255 e. The molecule has 0 unspecified atom stereocenters. The second-order valence-corrected chi connectivity index (χ2v) is 7.38. The third-order valence-corrected chi connectivity index (χ3v) is 5.25. The molecule has 112 valence electrons. The van der Waals surface area contributed by atoms with Crippen molar-refractivity contribution in [2.45, 2.75) is 11.8 Å². The van der Waals surface area contributed by atoms with Crippen LogP contribution in [-0.2, 0) is 10.0 Å². The minimum absolute atomic E-state index is 0.195. The number of hydrogen-bond donors (Lipinski definition) is 0. The summed E-state index contributed by atoms with van der Waals surface area (Å²) in [6.45, 7) is 1.90. The summed E-state index contributed by atoms with van der Waals surface area (Å²) in [7, 11) is -3.72. The van der Waals surface area contributed by atoms with Crippen molar-refractivity contribution in [3.05, 3.63) is 64.9 Å². The van der Waals surface area contributed by atoms with Crippen molar-refractivity contribution in [1.82, 2.24) is 14.2 Å². The van der Waals surface area contributed by atoms with Crippen molar-refractivity contribution in [3.8, 4) is 11.4 Å². The predicted molar refractivity (Wildman–Crippen MR) is 86.9 cm³/mol. The van der Waals surface area contributed by atoms with Gasteiger partial charge in [0.2, 0.25) is 0 Å². The Labute approximate surface area is 136 Å². The van der Waals surface area contributed by atoms with Crippen LogP contribution in [-0.4, -0.2) is 22.6 Å². The van der Waals surface area contributed by atoms with Gasteiger partial charge >= 0.3 is 0 Å². The summed E-state index contributed by atoms with van der Waals surface area (Å²) in [5, 5.41) is 4.17. The van der Waals surface area contributed by atoms with E-state index in [1.807, 2.05) is 13.0 Å². The topological polar surface area (TPSA) is 64.8 Å². The number of aromatic nitrogens is 3. The second kappa shape index (κ2) is 5.66. The number of hydrogen-bond acceptors (Lipinski definition) is 4. The van der Waals surface area contributed by atoms with Crippen LogP contribution < -0.4 is 0 Å². The Hall–Kier alpha value is -1.99. The van der Waals surface area contributed by atoms with Crippen molar-refractivity contribution in [2.24, 2.45) is 0 Å². The van der Waals surface area contributed by atoms with Crippen LogP contribution in [0.4, 0.5) is 0 Å². The highest BCUT2D eigenvalue weighted by Crippen LogP contribution is 2.26. The molecule has 1 aromatic carbocycles. The zero-order valence-electron chi connectivity index (χ0n) is 11.6. The fraction of sp³-hybridized carbons (Fsp3) is 0.0667. The zero-order valence-corrected chi connectivity index (χ0v) is 14.0. The maximum absolute atomic E-state index is 12.6. The lowest BCUT2D eigenvalue weighted by molar-refractivity contribution is 0.580. The normalized spacial score (nSPS) is 11.5. The SMILES string of the molecule is Cc1ccc(S(=O)(=O)n2cc(Br)c(-c3ccccn3)n2)cc1. The number of pyridine rings is 1. The summed E-state index contributed by atoms with van der Waals surface area (Å²) in [6.07, 6.45) is 3.06. The van der Waals surface area contributed by atoms with E-state index in [1.54, 1.807) is 42.6 Å². The van der Waals surface area contributed by atoms with Gasteiger partial charge in [-0.3, -0.25) is 4.98 Å². The minimum atomic E-state index is -3.72. The lowest BCUT2D eigenvalue weighted by Gasteiger charge is -2.04. The molecule has 22 heavy (non-hydrogen) atoms. The van der Waals surface area contributed by atoms with E-state index >= 15 is 0 Å². The quantitative estimate of drug-likeness (QED) is 0.702. The van der Waals surface area contributed by atoms with Crippen LogP contribution in [0.3, 0.4) is 0 Å². The fourth-order valence-corrected chi connectivity index (χ4v) is 3.69. The van der Waals surface area contributed by atoms with Gasteiger partial charge in [0.1, 0.15) is 5.69 Å². The van der Waals surface area contributed by atoms with Gasteiger partial charge in [0.25, 0.3) is 10.0 Å². The van der Waals surface area contributed by atoms with Crippen LogP contribution >= 0.6 is 15.9 Å². The molecule has 0 N–H and O–H groups in total. The van der Waals surface area contributed by atoms with Gasteiger partial charge in [-0.05, 0) is 47.1 Å². The fourth-order valence-electron chi connectivity index (χ4n) is 1.95. The summed E-state index contributed by atoms with van der Waals surface area (Å²) in [6, 6.07) is 12.0. The lowest BCUT2D eigenvalue weighted by atomic mass is 10.2. The monoisotopic (exact) mass is 377 g/mol. The molecule has 0 saturated carbocycles. The standard InChI is InChI=1S/C15H12BrN3O2S/c1-11-5-7-12(8-6-11)22(20,21)19-10-13(16)15(18-19)14-4-2-3-9-17-14/h2-10H,1H3. The van der Waals surface area contributed by atoms with Gasteiger partial charge < -0.3 is 0 Å². The van der Waals surface area contributed by atoms with Crippen molar-refractivity contribution >= 4 is 26.0 Å². The van der Waals surface area contributed by atoms with Crippen molar-refractivity contribution in [3.63, 3.8) is 0 Å². The highest BCUT2D eigenvalue weighted by molar-refractivity contribution is 9.10. The Morgan fingerprint density at radius 3 is 2.45 bits per heavy atom. The van der Waals surface area contributed by atoms with E-state index in [0.29, 0.717) is 15.9 Å². The average Bonchev–Trinajstić information content (AvgIpc) is 2.91. The van der Waals surface area contributed by atoms with Gasteiger partial charge in [-0.2, -0.15) is 17.6 Å². The molecule has 7 heteroatoms. The summed E-state index contributed by atoms with van der Waals surface area (Å²) >= 11 is 3.34. The summed E-state index contributed by atoms with van der Waals surface area (Å²) in [4.78, 5) is 4.38. The van der Waals surface area contributed by atoms with E-state index in [1.165, 1.54) is 6.20 Å². The predicted octanol–water partition coefficient (Wildman–Crippen LogP) is 3.25.